The van der Waals surface area contributed by atoms with Crippen LogP contribution in [0.25, 0.3) is 0 Å². The number of rotatable bonds is 12. The Morgan fingerprint density at radius 2 is 0.833 bits per heavy atom. The van der Waals surface area contributed by atoms with Gasteiger partial charge < -0.3 is 14.0 Å². The summed E-state index contributed by atoms with van der Waals surface area (Å²) in [6.45, 7) is 21.5. The van der Waals surface area contributed by atoms with Gasteiger partial charge in [-0.1, -0.05) is 41.5 Å². The summed E-state index contributed by atoms with van der Waals surface area (Å²) in [5, 5.41) is 11.2. The van der Waals surface area contributed by atoms with E-state index in [0.717, 1.165) is 36.3 Å². The fourth-order valence-electron chi connectivity index (χ4n) is 4.00. The van der Waals surface area contributed by atoms with Crippen LogP contribution < -0.4 is 0 Å². The van der Waals surface area contributed by atoms with Gasteiger partial charge in [0.05, 0.1) is 11.2 Å². The molecule has 0 aromatic heterocycles. The Kier molecular flexibility index (Phi) is 9.43. The summed E-state index contributed by atoms with van der Waals surface area (Å²) < 4.78 is 13.3. The van der Waals surface area contributed by atoms with Crippen LogP contribution in [0.4, 0.5) is 0 Å². The quantitative estimate of drug-likeness (QED) is 0.428. The topological polar surface area (TPSA) is 38.7 Å². The van der Waals surface area contributed by atoms with Crippen LogP contribution >= 0.6 is 0 Å². The predicted octanol–water partition coefficient (Wildman–Crippen LogP) is 5.95. The Balaban J connectivity index is 5.43. The molecule has 0 aromatic carbocycles. The first-order valence-corrected chi connectivity index (χ1v) is 15.1. The molecule has 0 saturated carbocycles. The van der Waals surface area contributed by atoms with Crippen molar-refractivity contribution in [3.8, 4) is 0 Å². The first-order chi connectivity index (χ1) is 10.9. The summed E-state index contributed by atoms with van der Waals surface area (Å²) in [6.07, 6.45) is -0.641. The Morgan fingerprint density at radius 1 is 0.625 bits per heavy atom. The third-order valence-electron chi connectivity index (χ3n) is 6.14. The molecule has 0 saturated heterocycles. The van der Waals surface area contributed by atoms with Crippen molar-refractivity contribution >= 4 is 16.6 Å². The van der Waals surface area contributed by atoms with E-state index < -0.39 is 33.9 Å². The van der Waals surface area contributed by atoms with Gasteiger partial charge in [0.1, 0.15) is 6.10 Å². The molecule has 3 nitrogen and oxygen atoms in total. The van der Waals surface area contributed by atoms with Gasteiger partial charge >= 0.3 is 0 Å². The molecule has 0 rings (SSSR count). The summed E-state index contributed by atoms with van der Waals surface area (Å²) in [4.78, 5) is 0. The van der Waals surface area contributed by atoms with Crippen molar-refractivity contribution in [1.29, 1.82) is 0 Å². The lowest BCUT2D eigenvalue weighted by molar-refractivity contribution is -0.129. The molecule has 0 amide bonds. The van der Waals surface area contributed by atoms with E-state index in [1.807, 2.05) is 27.7 Å². The van der Waals surface area contributed by atoms with E-state index in [9.17, 15) is 5.11 Å². The van der Waals surface area contributed by atoms with Gasteiger partial charge in [0.15, 0.2) is 16.6 Å². The zero-order chi connectivity index (χ0) is 19.2. The molecule has 1 N–H and O–H groups in total. The zero-order valence-corrected chi connectivity index (χ0v) is 20.1. The molecule has 0 aliphatic heterocycles. The van der Waals surface area contributed by atoms with E-state index >= 15 is 0 Å². The van der Waals surface area contributed by atoms with E-state index in [1.165, 1.54) is 0 Å². The SMILES string of the molecule is CC[Si](CC)(CC)OC(C)(C)C(O)C(C)(C)O[Si](CC)(CC)CC. The fraction of sp³-hybridized carbons (Fsp3) is 1.00. The van der Waals surface area contributed by atoms with Crippen molar-refractivity contribution in [3.05, 3.63) is 0 Å². The van der Waals surface area contributed by atoms with Crippen molar-refractivity contribution in [1.82, 2.24) is 0 Å². The van der Waals surface area contributed by atoms with Crippen LogP contribution in [-0.4, -0.2) is 39.0 Å². The number of hydrogen-bond acceptors (Lipinski definition) is 3. The second-order valence-electron chi connectivity index (χ2n) is 8.30. The van der Waals surface area contributed by atoms with Gasteiger partial charge in [-0.3, -0.25) is 0 Å². The number of aliphatic hydroxyl groups excluding tert-OH is 1. The van der Waals surface area contributed by atoms with Crippen LogP contribution in [0.2, 0.25) is 36.3 Å². The maximum absolute atomic E-state index is 11.2. The highest BCUT2D eigenvalue weighted by Crippen LogP contribution is 2.37. The summed E-state index contributed by atoms with van der Waals surface area (Å²) in [5.74, 6) is 0. The van der Waals surface area contributed by atoms with E-state index in [0.29, 0.717) is 0 Å². The molecule has 24 heavy (non-hydrogen) atoms. The summed E-state index contributed by atoms with van der Waals surface area (Å²) in [6, 6.07) is 6.55. The predicted molar refractivity (Wildman–Crippen MR) is 111 cm³/mol. The minimum absolute atomic E-state index is 0.590. The minimum Gasteiger partial charge on any atom is -0.409 e. The molecule has 0 unspecified atom stereocenters. The molecular weight excluding hydrogens is 332 g/mol. The van der Waals surface area contributed by atoms with Crippen LogP contribution in [0, 0.1) is 0 Å². The van der Waals surface area contributed by atoms with Crippen LogP contribution in [0.5, 0.6) is 0 Å². The second kappa shape index (κ2) is 9.31. The van der Waals surface area contributed by atoms with Gasteiger partial charge in [0.2, 0.25) is 0 Å². The monoisotopic (exact) mass is 376 g/mol. The molecule has 0 spiro atoms. The van der Waals surface area contributed by atoms with Gasteiger partial charge in [-0.25, -0.2) is 0 Å². The fourth-order valence-corrected chi connectivity index (χ4v) is 10.3. The van der Waals surface area contributed by atoms with Crippen molar-refractivity contribution in [2.45, 2.75) is 123 Å². The van der Waals surface area contributed by atoms with Gasteiger partial charge in [-0.2, -0.15) is 0 Å². The summed E-state index contributed by atoms with van der Waals surface area (Å²) >= 11 is 0. The third-order valence-corrected chi connectivity index (χ3v) is 15.8. The van der Waals surface area contributed by atoms with Crippen LogP contribution in [0.1, 0.15) is 69.2 Å². The molecule has 0 heterocycles. The maximum Gasteiger partial charge on any atom is 0.192 e. The van der Waals surface area contributed by atoms with Crippen LogP contribution in [0.15, 0.2) is 0 Å². The summed E-state index contributed by atoms with van der Waals surface area (Å²) in [5.41, 5.74) is -1.18. The zero-order valence-electron chi connectivity index (χ0n) is 18.1. The first-order valence-electron chi connectivity index (χ1n) is 10.0. The van der Waals surface area contributed by atoms with Crippen molar-refractivity contribution in [2.75, 3.05) is 0 Å². The van der Waals surface area contributed by atoms with Gasteiger partial charge in [-0.05, 0) is 64.0 Å². The smallest absolute Gasteiger partial charge is 0.192 e. The molecule has 0 aromatic rings. The van der Waals surface area contributed by atoms with Gasteiger partial charge in [-0.15, -0.1) is 0 Å². The maximum atomic E-state index is 11.2. The standard InChI is InChI=1S/C19H44O3Si2/c1-11-23(12-2,13-3)21-18(7,8)17(20)19(9,10)22-24(14-4,15-5)16-6/h17,20H,11-16H2,1-10H3. The Morgan fingerprint density at radius 3 is 1.00 bits per heavy atom. The minimum atomic E-state index is -1.78. The van der Waals surface area contributed by atoms with Crippen molar-refractivity contribution < 1.29 is 14.0 Å². The van der Waals surface area contributed by atoms with E-state index in [2.05, 4.69) is 41.5 Å². The molecule has 0 radical (unpaired) electrons. The van der Waals surface area contributed by atoms with Crippen molar-refractivity contribution in [3.63, 3.8) is 0 Å². The first kappa shape index (κ1) is 24.3. The van der Waals surface area contributed by atoms with E-state index in [1.54, 1.807) is 0 Å². The van der Waals surface area contributed by atoms with Crippen LogP contribution in [0.3, 0.4) is 0 Å². The molecule has 5 heteroatoms. The van der Waals surface area contributed by atoms with Gasteiger partial charge in [0, 0.05) is 0 Å². The number of hydrogen-bond donors (Lipinski definition) is 1. The highest BCUT2D eigenvalue weighted by molar-refractivity contribution is 6.74. The molecule has 0 bridgehead atoms. The molecular formula is C19H44O3Si2. The molecule has 0 atom stereocenters. The summed E-state index contributed by atoms with van der Waals surface area (Å²) in [7, 11) is -3.56. The molecule has 0 aliphatic rings. The lowest BCUT2D eigenvalue weighted by atomic mass is 9.89. The van der Waals surface area contributed by atoms with Crippen LogP contribution in [-0.2, 0) is 8.85 Å². The Bertz CT molecular complexity index is 311. The Hall–Kier alpha value is 0.314. The average molecular weight is 377 g/mol. The lowest BCUT2D eigenvalue weighted by Gasteiger charge is -2.48. The Labute approximate surface area is 153 Å². The number of aliphatic hydroxyl groups is 1. The van der Waals surface area contributed by atoms with Crippen molar-refractivity contribution in [2.24, 2.45) is 0 Å². The largest absolute Gasteiger partial charge is 0.409 e. The normalized spacial score (nSPS) is 14.5. The van der Waals surface area contributed by atoms with E-state index in [4.69, 9.17) is 8.85 Å². The average Bonchev–Trinajstić information content (AvgIpc) is 2.57. The molecule has 146 valence electrons. The second-order valence-corrected chi connectivity index (χ2v) is 17.7. The molecule has 0 aliphatic carbocycles. The van der Waals surface area contributed by atoms with E-state index in [-0.39, 0.29) is 0 Å². The molecule has 0 fully saturated rings. The third kappa shape index (κ3) is 5.66. The highest BCUT2D eigenvalue weighted by atomic mass is 28.4. The van der Waals surface area contributed by atoms with Gasteiger partial charge in [0.25, 0.3) is 0 Å². The highest BCUT2D eigenvalue weighted by Gasteiger charge is 2.48. The lowest BCUT2D eigenvalue weighted by Crippen LogP contribution is -2.60.